The van der Waals surface area contributed by atoms with Crippen molar-refractivity contribution in [1.29, 1.82) is 0 Å². The summed E-state index contributed by atoms with van der Waals surface area (Å²) in [4.78, 5) is 53.4. The number of anilines is 1. The number of phenols is 1. The van der Waals surface area contributed by atoms with Crippen LogP contribution in [0.5, 0.6) is 11.5 Å². The molecule has 3 aliphatic carbocycles. The van der Waals surface area contributed by atoms with Crippen molar-refractivity contribution in [2.45, 2.75) is 24.5 Å². The second-order valence-corrected chi connectivity index (χ2v) is 10.6. The van der Waals surface area contributed by atoms with Gasteiger partial charge in [0.15, 0.2) is 11.4 Å². The summed E-state index contributed by atoms with van der Waals surface area (Å²) < 4.78 is 5.09. The number of ketones is 2. The minimum absolute atomic E-state index is 0.0114. The summed E-state index contributed by atoms with van der Waals surface area (Å²) in [6.07, 6.45) is 0.136. The van der Waals surface area contributed by atoms with Crippen molar-refractivity contribution in [2.24, 2.45) is 17.6 Å². The van der Waals surface area contributed by atoms with Gasteiger partial charge in [0.25, 0.3) is 11.8 Å². The number of hydrogen-bond acceptors (Lipinski definition) is 10. The molecule has 0 bridgehead atoms. The molecule has 0 spiro atoms. The average molecular weight is 564 g/mol. The summed E-state index contributed by atoms with van der Waals surface area (Å²) in [7, 11) is 4.56. The molecule has 2 aromatic rings. The fourth-order valence-electron chi connectivity index (χ4n) is 6.26. The molecule has 4 atom stereocenters. The number of nitrogens with two attached hydrogens (primary N) is 1. The number of aliphatic hydroxyl groups excluding tert-OH is 2. The van der Waals surface area contributed by atoms with Crippen molar-refractivity contribution in [3.05, 3.63) is 70.0 Å². The number of primary amides is 1. The van der Waals surface area contributed by atoms with E-state index in [1.165, 1.54) is 44.3 Å². The highest BCUT2D eigenvalue weighted by Gasteiger charge is 2.64. The van der Waals surface area contributed by atoms with Crippen LogP contribution >= 0.6 is 0 Å². The number of Topliss-reactive ketones (excluding diaryl/α,β-unsaturated/α-hetero) is 2. The Balaban J connectivity index is 1.58. The van der Waals surface area contributed by atoms with Gasteiger partial charge < -0.3 is 36.2 Å². The molecule has 4 unspecified atom stereocenters. The highest BCUT2D eigenvalue weighted by atomic mass is 16.5. The van der Waals surface area contributed by atoms with Crippen molar-refractivity contribution in [3.8, 4) is 11.5 Å². The van der Waals surface area contributed by atoms with E-state index in [1.54, 1.807) is 18.2 Å². The number of ether oxygens (including phenoxy) is 1. The van der Waals surface area contributed by atoms with E-state index in [-0.39, 0.29) is 35.2 Å². The Kier molecular flexibility index (Phi) is 6.63. The van der Waals surface area contributed by atoms with Crippen molar-refractivity contribution >= 4 is 34.8 Å². The van der Waals surface area contributed by atoms with Gasteiger partial charge >= 0.3 is 0 Å². The summed E-state index contributed by atoms with van der Waals surface area (Å²) in [5.41, 5.74) is 2.06. The standard InChI is InChI=1S/C29H29N3O9/c1-32(2)21-16-11-14-10-13-6-9-17(31-28(39)12-4-7-15(41-3)8-5-12)22(33)18(13)23(34)19(14)25(36)29(16,40)26(37)20(24(21)35)27(30)38/h4-9,14,16,21,33-34,37,40H,10-11H2,1-3H3,(H2,30,38)(H,31,39). The van der Waals surface area contributed by atoms with Gasteiger partial charge in [-0.2, -0.15) is 0 Å². The smallest absolute Gasteiger partial charge is 0.255 e. The molecule has 0 aliphatic heterocycles. The van der Waals surface area contributed by atoms with Crippen LogP contribution in [0.1, 0.15) is 27.9 Å². The van der Waals surface area contributed by atoms with Crippen molar-refractivity contribution in [1.82, 2.24) is 4.90 Å². The normalized spacial score (nSPS) is 25.4. The van der Waals surface area contributed by atoms with Gasteiger partial charge in [0.1, 0.15) is 28.6 Å². The molecular weight excluding hydrogens is 534 g/mol. The van der Waals surface area contributed by atoms with Gasteiger partial charge in [-0.15, -0.1) is 0 Å². The van der Waals surface area contributed by atoms with Crippen LogP contribution in [0.3, 0.4) is 0 Å². The number of nitrogens with one attached hydrogen (secondary N) is 1. The summed E-state index contributed by atoms with van der Waals surface area (Å²) in [5, 5.41) is 47.6. The van der Waals surface area contributed by atoms with Gasteiger partial charge in [-0.1, -0.05) is 6.07 Å². The molecule has 12 nitrogen and oxygen atoms in total. The maximum atomic E-state index is 13.9. The highest BCUT2D eigenvalue weighted by Crippen LogP contribution is 2.53. The third-order valence-electron chi connectivity index (χ3n) is 8.19. The van der Waals surface area contributed by atoms with E-state index in [4.69, 9.17) is 10.5 Å². The summed E-state index contributed by atoms with van der Waals surface area (Å²) >= 11 is 0. The lowest BCUT2D eigenvalue weighted by molar-refractivity contribution is -0.153. The molecule has 0 aromatic heterocycles. The Labute approximate surface area is 234 Å². The van der Waals surface area contributed by atoms with Crippen molar-refractivity contribution in [2.75, 3.05) is 26.5 Å². The number of aromatic hydroxyl groups is 1. The number of nitrogens with zero attached hydrogens (tertiary/aromatic N) is 1. The third-order valence-corrected chi connectivity index (χ3v) is 8.19. The van der Waals surface area contributed by atoms with E-state index in [9.17, 15) is 39.6 Å². The number of likely N-dealkylation sites (N-methyl/N-ethyl adjacent to an activating group) is 1. The first kappa shape index (κ1) is 27.9. The molecule has 2 amide bonds. The van der Waals surface area contributed by atoms with Gasteiger partial charge in [0.2, 0.25) is 5.78 Å². The average Bonchev–Trinajstić information content (AvgIpc) is 2.91. The van der Waals surface area contributed by atoms with Crippen LogP contribution < -0.4 is 15.8 Å². The number of phenolic OH excluding ortho intramolecular Hbond substituents is 1. The number of carbonyl (C=O) groups excluding carboxylic acids is 4. The number of carbonyl (C=O) groups is 4. The largest absolute Gasteiger partial charge is 0.508 e. The van der Waals surface area contributed by atoms with Gasteiger partial charge in [-0.3, -0.25) is 24.1 Å². The summed E-state index contributed by atoms with van der Waals surface area (Å²) in [5.74, 6) is -7.36. The molecule has 0 heterocycles. The second kappa shape index (κ2) is 9.75. The molecule has 7 N–H and O–H groups in total. The van der Waals surface area contributed by atoms with Crippen LogP contribution in [0.4, 0.5) is 5.69 Å². The van der Waals surface area contributed by atoms with Crippen LogP contribution in [0.25, 0.3) is 5.76 Å². The number of methoxy groups -OCH3 is 1. The van der Waals surface area contributed by atoms with Gasteiger partial charge in [0.05, 0.1) is 24.4 Å². The van der Waals surface area contributed by atoms with Crippen molar-refractivity contribution < 1.29 is 44.3 Å². The Morgan fingerprint density at radius 3 is 2.32 bits per heavy atom. The quantitative estimate of drug-likeness (QED) is 0.227. The van der Waals surface area contributed by atoms with E-state index in [0.29, 0.717) is 11.3 Å². The van der Waals surface area contributed by atoms with Crippen LogP contribution in [-0.2, 0) is 20.8 Å². The minimum Gasteiger partial charge on any atom is -0.508 e. The third kappa shape index (κ3) is 4.06. The maximum Gasteiger partial charge on any atom is 0.255 e. The fraction of sp³-hybridized carbons (Fsp3) is 0.310. The number of fused-ring (bicyclic) bond motifs is 3. The predicted molar refractivity (Wildman–Crippen MR) is 145 cm³/mol. The minimum atomic E-state index is -2.72. The van der Waals surface area contributed by atoms with Crippen LogP contribution in [-0.4, -0.2) is 81.6 Å². The number of aliphatic hydroxyl groups is 3. The lowest BCUT2D eigenvalue weighted by Crippen LogP contribution is -2.65. The van der Waals surface area contributed by atoms with E-state index < -0.39 is 69.7 Å². The van der Waals surface area contributed by atoms with Crippen LogP contribution in [0.15, 0.2) is 53.3 Å². The van der Waals surface area contributed by atoms with E-state index >= 15 is 0 Å². The van der Waals surface area contributed by atoms with E-state index in [1.807, 2.05) is 0 Å². The molecule has 3 aliphatic rings. The number of rotatable bonds is 5. The first-order chi connectivity index (χ1) is 19.3. The lowest BCUT2D eigenvalue weighted by Gasteiger charge is -2.50. The molecule has 214 valence electrons. The molecule has 5 rings (SSSR count). The molecule has 1 saturated carbocycles. The molecule has 41 heavy (non-hydrogen) atoms. The van der Waals surface area contributed by atoms with E-state index in [0.717, 1.165) is 0 Å². The Bertz CT molecular complexity index is 1570. The monoisotopic (exact) mass is 563 g/mol. The van der Waals surface area contributed by atoms with Crippen LogP contribution in [0, 0.1) is 11.8 Å². The predicted octanol–water partition coefficient (Wildman–Crippen LogP) is 1.22. The molecule has 2 aromatic carbocycles. The Morgan fingerprint density at radius 1 is 1.07 bits per heavy atom. The Hall–Kier alpha value is -4.68. The zero-order chi connectivity index (χ0) is 30.0. The number of hydrogen-bond donors (Lipinski definition) is 6. The number of benzene rings is 2. The molecule has 0 saturated heterocycles. The first-order valence-electron chi connectivity index (χ1n) is 12.8. The molecule has 12 heteroatoms. The molecular formula is C29H29N3O9. The fourth-order valence-corrected chi connectivity index (χ4v) is 6.26. The van der Waals surface area contributed by atoms with E-state index in [2.05, 4.69) is 5.32 Å². The highest BCUT2D eigenvalue weighted by molar-refractivity contribution is 6.24. The maximum absolute atomic E-state index is 13.9. The summed E-state index contributed by atoms with van der Waals surface area (Å²) in [6.45, 7) is 0. The zero-order valence-electron chi connectivity index (χ0n) is 22.5. The van der Waals surface area contributed by atoms with Crippen molar-refractivity contribution in [3.63, 3.8) is 0 Å². The van der Waals surface area contributed by atoms with Gasteiger partial charge in [-0.05, 0) is 68.8 Å². The lowest BCUT2D eigenvalue weighted by atomic mass is 9.57. The second-order valence-electron chi connectivity index (χ2n) is 10.6. The summed E-state index contributed by atoms with van der Waals surface area (Å²) in [6, 6.07) is 8.15. The van der Waals surface area contributed by atoms with Crippen LogP contribution in [0.2, 0.25) is 0 Å². The zero-order valence-corrected chi connectivity index (χ0v) is 22.5. The topological polar surface area (TPSA) is 200 Å². The molecule has 0 radical (unpaired) electrons. The molecule has 1 fully saturated rings. The Morgan fingerprint density at radius 2 is 1.73 bits per heavy atom. The van der Waals surface area contributed by atoms with Gasteiger partial charge in [-0.25, -0.2) is 0 Å². The van der Waals surface area contributed by atoms with Gasteiger partial charge in [0, 0.05) is 17.1 Å². The number of amides is 2. The first-order valence-corrected chi connectivity index (χ1v) is 12.8. The SMILES string of the molecule is COc1ccc(C(=O)Nc2ccc3c(c2O)C(O)=C2C(=O)C4(O)C(O)=C(C(N)=O)C(=O)C(N(C)C)C4CC2C3)cc1.